The largest absolute Gasteiger partial charge is 0.322 e. The molecule has 0 unspecified atom stereocenters. The van der Waals surface area contributed by atoms with Gasteiger partial charge in [0.05, 0.1) is 6.26 Å². The van der Waals surface area contributed by atoms with Crippen molar-refractivity contribution in [3.63, 3.8) is 0 Å². The molecule has 0 heterocycles. The highest BCUT2D eigenvalue weighted by atomic mass is 32.2. The second kappa shape index (κ2) is 8.78. The normalized spacial score (nSPS) is 11.3. The molecule has 2 aromatic carbocycles. The minimum Gasteiger partial charge on any atom is -0.322 e. The first-order valence-corrected chi connectivity index (χ1v) is 10.2. The van der Waals surface area contributed by atoms with Crippen molar-refractivity contribution in [3.8, 4) is 0 Å². The van der Waals surface area contributed by atoms with E-state index >= 15 is 0 Å². The zero-order chi connectivity index (χ0) is 18.3. The van der Waals surface area contributed by atoms with Gasteiger partial charge >= 0.3 is 0 Å². The fraction of sp³-hybridized carbons (Fsp3) is 0.316. The Morgan fingerprint density at radius 3 is 2.04 bits per heavy atom. The van der Waals surface area contributed by atoms with Crippen molar-refractivity contribution in [1.82, 2.24) is 4.72 Å². The molecule has 2 N–H and O–H groups in total. The first-order chi connectivity index (χ1) is 11.9. The summed E-state index contributed by atoms with van der Waals surface area (Å²) in [6.07, 6.45) is 3.84. The number of aryl methyl sites for hydroxylation is 1. The molecule has 0 spiro atoms. The highest BCUT2D eigenvalue weighted by Crippen LogP contribution is 2.13. The Morgan fingerprint density at radius 1 is 0.920 bits per heavy atom. The maximum Gasteiger partial charge on any atom is 0.255 e. The molecule has 25 heavy (non-hydrogen) atoms. The van der Waals surface area contributed by atoms with Crippen LogP contribution in [0, 0.1) is 0 Å². The highest BCUT2D eigenvalue weighted by molar-refractivity contribution is 7.88. The van der Waals surface area contributed by atoms with Gasteiger partial charge in [-0.2, -0.15) is 0 Å². The van der Waals surface area contributed by atoms with Crippen molar-refractivity contribution >= 4 is 21.6 Å². The first-order valence-electron chi connectivity index (χ1n) is 8.31. The van der Waals surface area contributed by atoms with Crippen LogP contribution in [0.3, 0.4) is 0 Å². The monoisotopic (exact) mass is 360 g/mol. The molecule has 1 amide bonds. The van der Waals surface area contributed by atoms with E-state index in [1.54, 1.807) is 12.1 Å². The smallest absolute Gasteiger partial charge is 0.255 e. The van der Waals surface area contributed by atoms with Gasteiger partial charge in [-0.1, -0.05) is 37.6 Å². The summed E-state index contributed by atoms with van der Waals surface area (Å²) in [4.78, 5) is 12.3. The molecule has 2 aromatic rings. The molecule has 0 saturated heterocycles. The van der Waals surface area contributed by atoms with E-state index in [9.17, 15) is 13.2 Å². The standard InChI is InChI=1S/C19H24N2O3S/c1-3-4-15-7-11-18(12-8-15)21-19(22)17-9-5-16(6-10-17)13-14-20-25(2,23)24/h5-12,20H,3-4,13-14H2,1-2H3,(H,21,22). The first kappa shape index (κ1) is 19.1. The topological polar surface area (TPSA) is 75.3 Å². The Bertz CT molecular complexity index is 798. The quantitative estimate of drug-likeness (QED) is 0.760. The summed E-state index contributed by atoms with van der Waals surface area (Å²) in [5.74, 6) is -0.163. The Hall–Kier alpha value is -2.18. The molecule has 0 radical (unpaired) electrons. The summed E-state index contributed by atoms with van der Waals surface area (Å²) in [6.45, 7) is 2.48. The molecule has 0 aliphatic rings. The number of hydrogen-bond acceptors (Lipinski definition) is 3. The van der Waals surface area contributed by atoms with Gasteiger partial charge in [-0.15, -0.1) is 0 Å². The van der Waals surface area contributed by atoms with Gasteiger partial charge in [-0.25, -0.2) is 13.1 Å². The molecule has 5 nitrogen and oxygen atoms in total. The van der Waals surface area contributed by atoms with Gasteiger partial charge in [0.15, 0.2) is 0 Å². The van der Waals surface area contributed by atoms with E-state index in [4.69, 9.17) is 0 Å². The van der Waals surface area contributed by atoms with Gasteiger partial charge in [-0.3, -0.25) is 4.79 Å². The molecular formula is C19H24N2O3S. The third-order valence-electron chi connectivity index (χ3n) is 3.74. The Morgan fingerprint density at radius 2 is 1.48 bits per heavy atom. The molecule has 6 heteroatoms. The molecule has 0 aromatic heterocycles. The van der Waals surface area contributed by atoms with E-state index < -0.39 is 10.0 Å². The molecular weight excluding hydrogens is 336 g/mol. The summed E-state index contributed by atoms with van der Waals surface area (Å²) in [5.41, 5.74) is 3.56. The second-order valence-corrected chi connectivity index (χ2v) is 7.85. The number of nitrogens with one attached hydrogen (secondary N) is 2. The highest BCUT2D eigenvalue weighted by Gasteiger charge is 2.07. The second-order valence-electron chi connectivity index (χ2n) is 6.01. The lowest BCUT2D eigenvalue weighted by Gasteiger charge is -2.08. The maximum atomic E-state index is 12.3. The van der Waals surface area contributed by atoms with Crippen LogP contribution in [0.25, 0.3) is 0 Å². The number of anilines is 1. The van der Waals surface area contributed by atoms with Crippen molar-refractivity contribution in [2.24, 2.45) is 0 Å². The van der Waals surface area contributed by atoms with E-state index in [2.05, 4.69) is 17.0 Å². The molecule has 0 bridgehead atoms. The van der Waals surface area contributed by atoms with Gasteiger partial charge in [0.2, 0.25) is 10.0 Å². The number of carbonyl (C=O) groups is 1. The molecule has 0 fully saturated rings. The fourth-order valence-corrected chi connectivity index (χ4v) is 2.92. The van der Waals surface area contributed by atoms with Crippen LogP contribution in [0.1, 0.15) is 34.8 Å². The fourth-order valence-electron chi connectivity index (χ4n) is 2.45. The van der Waals surface area contributed by atoms with E-state index in [0.717, 1.165) is 30.3 Å². The third-order valence-corrected chi connectivity index (χ3v) is 4.47. The van der Waals surface area contributed by atoms with E-state index in [-0.39, 0.29) is 5.91 Å². The van der Waals surface area contributed by atoms with Crippen LogP contribution in [0.2, 0.25) is 0 Å². The molecule has 0 aliphatic heterocycles. The maximum absolute atomic E-state index is 12.3. The zero-order valence-corrected chi connectivity index (χ0v) is 15.4. The lowest BCUT2D eigenvalue weighted by Crippen LogP contribution is -2.24. The van der Waals surface area contributed by atoms with Gasteiger partial charge in [0.1, 0.15) is 0 Å². The minimum absolute atomic E-state index is 0.163. The molecule has 0 aliphatic carbocycles. The molecule has 0 atom stereocenters. The van der Waals surface area contributed by atoms with E-state index in [1.165, 1.54) is 5.56 Å². The van der Waals surface area contributed by atoms with Crippen molar-refractivity contribution in [1.29, 1.82) is 0 Å². The summed E-state index contributed by atoms with van der Waals surface area (Å²) in [5, 5.41) is 2.88. The van der Waals surface area contributed by atoms with Gasteiger partial charge in [-0.05, 0) is 48.2 Å². The summed E-state index contributed by atoms with van der Waals surface area (Å²) in [7, 11) is -3.17. The van der Waals surface area contributed by atoms with Crippen LogP contribution in [0.15, 0.2) is 48.5 Å². The Balaban J connectivity index is 1.91. The van der Waals surface area contributed by atoms with Gasteiger partial charge in [0.25, 0.3) is 5.91 Å². The minimum atomic E-state index is -3.17. The lowest BCUT2D eigenvalue weighted by molar-refractivity contribution is 0.102. The van der Waals surface area contributed by atoms with Crippen LogP contribution >= 0.6 is 0 Å². The van der Waals surface area contributed by atoms with Crippen LogP contribution in [0.4, 0.5) is 5.69 Å². The van der Waals surface area contributed by atoms with Crippen molar-refractivity contribution < 1.29 is 13.2 Å². The molecule has 2 rings (SSSR count). The van der Waals surface area contributed by atoms with Gasteiger partial charge in [0, 0.05) is 17.8 Å². The number of carbonyl (C=O) groups excluding carboxylic acids is 1. The number of benzene rings is 2. The van der Waals surface area contributed by atoms with Crippen molar-refractivity contribution in [3.05, 3.63) is 65.2 Å². The van der Waals surface area contributed by atoms with Gasteiger partial charge < -0.3 is 5.32 Å². The van der Waals surface area contributed by atoms with Crippen LogP contribution < -0.4 is 10.0 Å². The van der Waals surface area contributed by atoms with Crippen molar-refractivity contribution in [2.75, 3.05) is 18.1 Å². The average Bonchev–Trinajstić information content (AvgIpc) is 2.56. The SMILES string of the molecule is CCCc1ccc(NC(=O)c2ccc(CCNS(C)(=O)=O)cc2)cc1. The average molecular weight is 360 g/mol. The summed E-state index contributed by atoms with van der Waals surface area (Å²) < 4.78 is 24.5. The van der Waals surface area contributed by atoms with Crippen molar-refractivity contribution in [2.45, 2.75) is 26.2 Å². The van der Waals surface area contributed by atoms with Crippen LogP contribution in [0.5, 0.6) is 0 Å². The number of amides is 1. The lowest BCUT2D eigenvalue weighted by atomic mass is 10.1. The van der Waals surface area contributed by atoms with Crippen LogP contribution in [-0.2, 0) is 22.9 Å². The molecule has 0 saturated carbocycles. The van der Waals surface area contributed by atoms with E-state index in [1.807, 2.05) is 36.4 Å². The zero-order valence-electron chi connectivity index (χ0n) is 14.6. The third kappa shape index (κ3) is 6.68. The number of sulfonamides is 1. The number of rotatable bonds is 8. The predicted molar refractivity (Wildman–Crippen MR) is 101 cm³/mol. The summed E-state index contributed by atoms with van der Waals surface area (Å²) >= 11 is 0. The predicted octanol–water partition coefficient (Wildman–Crippen LogP) is 2.98. The van der Waals surface area contributed by atoms with E-state index in [0.29, 0.717) is 18.5 Å². The molecule has 134 valence electrons. The summed E-state index contributed by atoms with van der Waals surface area (Å²) in [6, 6.07) is 15.0. The Labute approximate surface area is 149 Å². The van der Waals surface area contributed by atoms with Crippen LogP contribution in [-0.4, -0.2) is 27.1 Å². The number of hydrogen-bond donors (Lipinski definition) is 2. The Kier molecular flexibility index (Phi) is 6.73.